The van der Waals surface area contributed by atoms with E-state index in [0.717, 1.165) is 16.8 Å². The highest BCUT2D eigenvalue weighted by atomic mass is 35.5. The van der Waals surface area contributed by atoms with Crippen LogP contribution in [0.4, 0.5) is 11.9 Å². The number of anilines is 2. The molecule has 1 atom stereocenters. The molecule has 1 aliphatic heterocycles. The number of para-hydroxylation sites is 1. The minimum Gasteiger partial charge on any atom is -0.496 e. The van der Waals surface area contributed by atoms with Crippen molar-refractivity contribution in [1.82, 2.24) is 14.8 Å². The number of halogens is 2. The molecule has 0 fully saturated rings. The van der Waals surface area contributed by atoms with Gasteiger partial charge in [0.2, 0.25) is 5.95 Å². The number of amides is 1. The third-order valence-electron chi connectivity index (χ3n) is 5.34. The van der Waals surface area contributed by atoms with Crippen LogP contribution in [-0.4, -0.2) is 27.8 Å². The zero-order valence-corrected chi connectivity index (χ0v) is 19.7. The molecule has 9 heteroatoms. The van der Waals surface area contributed by atoms with Gasteiger partial charge < -0.3 is 10.1 Å². The van der Waals surface area contributed by atoms with Gasteiger partial charge in [0.05, 0.1) is 12.7 Å². The molecule has 0 saturated heterocycles. The summed E-state index contributed by atoms with van der Waals surface area (Å²) in [5.74, 6) is 0.843. The van der Waals surface area contributed by atoms with Gasteiger partial charge in [0.25, 0.3) is 11.9 Å². The van der Waals surface area contributed by atoms with E-state index in [1.54, 1.807) is 22.9 Å². The first-order chi connectivity index (χ1) is 16.1. The number of allylic oxidation sites excluding steroid dienone is 1. The van der Waals surface area contributed by atoms with Crippen molar-refractivity contribution in [2.24, 2.45) is 0 Å². The fourth-order valence-corrected chi connectivity index (χ4v) is 3.86. The molecule has 4 aromatic rings. The standard InChI is InChI=1S/C25H20ClN5O2.ClH/c1-33-22-10-6-5-9-19(22)23(32)28-24-29-25-27-20(16-11-13-18(26)14-12-16)15-21(31(25)30-24)17-7-3-2-4-8-17;/h2-15,21H,1H3,(H2,27,28,29,30,32);1H. The molecule has 1 amide bonds. The van der Waals surface area contributed by atoms with Gasteiger partial charge in [0, 0.05) is 10.7 Å². The lowest BCUT2D eigenvalue weighted by Gasteiger charge is -2.24. The maximum absolute atomic E-state index is 12.8. The average molecular weight is 494 g/mol. The summed E-state index contributed by atoms with van der Waals surface area (Å²) in [6, 6.07) is 24.4. The number of benzene rings is 3. The Hall–Kier alpha value is -3.81. The lowest BCUT2D eigenvalue weighted by Crippen LogP contribution is -2.20. The van der Waals surface area contributed by atoms with Crippen molar-refractivity contribution in [3.05, 3.63) is 107 Å². The lowest BCUT2D eigenvalue weighted by molar-refractivity contribution is 0.102. The summed E-state index contributed by atoms with van der Waals surface area (Å²) >= 11 is 6.06. The second-order valence-electron chi connectivity index (χ2n) is 7.43. The van der Waals surface area contributed by atoms with Gasteiger partial charge in [-0.1, -0.05) is 66.2 Å². The second-order valence-corrected chi connectivity index (χ2v) is 7.86. The van der Waals surface area contributed by atoms with Crippen LogP contribution in [0, 0.1) is 0 Å². The lowest BCUT2D eigenvalue weighted by atomic mass is 10.0. The van der Waals surface area contributed by atoms with Crippen LogP contribution in [0.1, 0.15) is 27.5 Å². The Kier molecular flexibility index (Phi) is 6.86. The van der Waals surface area contributed by atoms with E-state index in [0.29, 0.717) is 22.3 Å². The highest BCUT2D eigenvalue weighted by Gasteiger charge is 2.26. The van der Waals surface area contributed by atoms with Crippen molar-refractivity contribution in [3.8, 4) is 5.75 Å². The smallest absolute Gasteiger partial charge is 0.261 e. The Balaban J connectivity index is 0.00000274. The molecule has 1 unspecified atom stereocenters. The van der Waals surface area contributed by atoms with E-state index in [1.165, 1.54) is 7.11 Å². The molecule has 0 radical (unpaired) electrons. The Morgan fingerprint density at radius 3 is 2.47 bits per heavy atom. The van der Waals surface area contributed by atoms with Crippen molar-refractivity contribution in [2.75, 3.05) is 17.7 Å². The highest BCUT2D eigenvalue weighted by molar-refractivity contribution is 6.30. The van der Waals surface area contributed by atoms with E-state index in [-0.39, 0.29) is 30.3 Å². The highest BCUT2D eigenvalue weighted by Crippen LogP contribution is 2.33. The number of ether oxygens (including phenoxy) is 1. The van der Waals surface area contributed by atoms with Gasteiger partial charge >= 0.3 is 0 Å². The molecule has 3 aromatic carbocycles. The summed E-state index contributed by atoms with van der Waals surface area (Å²) in [6.07, 6.45) is 2.08. The van der Waals surface area contributed by atoms with Crippen molar-refractivity contribution in [3.63, 3.8) is 0 Å². The van der Waals surface area contributed by atoms with Gasteiger partial charge in [-0.2, -0.15) is 4.98 Å². The molecular formula is C25H21Cl2N5O2. The summed E-state index contributed by atoms with van der Waals surface area (Å²) < 4.78 is 7.05. The Morgan fingerprint density at radius 1 is 1.03 bits per heavy atom. The predicted molar refractivity (Wildman–Crippen MR) is 136 cm³/mol. The van der Waals surface area contributed by atoms with E-state index < -0.39 is 0 Å². The molecule has 5 rings (SSSR count). The fourth-order valence-electron chi connectivity index (χ4n) is 3.73. The number of hydrogen-bond acceptors (Lipinski definition) is 5. The zero-order valence-electron chi connectivity index (χ0n) is 18.1. The molecular weight excluding hydrogens is 473 g/mol. The zero-order chi connectivity index (χ0) is 22.8. The molecule has 2 heterocycles. The van der Waals surface area contributed by atoms with E-state index >= 15 is 0 Å². The number of rotatable bonds is 5. The first kappa shape index (κ1) is 23.4. The number of nitrogens with zero attached hydrogens (tertiary/aromatic N) is 3. The minimum absolute atomic E-state index is 0. The Bertz CT molecular complexity index is 1340. The number of methoxy groups -OCH3 is 1. The van der Waals surface area contributed by atoms with Gasteiger partial charge in [-0.25, -0.2) is 4.68 Å². The molecule has 34 heavy (non-hydrogen) atoms. The summed E-state index contributed by atoms with van der Waals surface area (Å²) in [7, 11) is 1.53. The SMILES string of the molecule is COc1ccccc1C(=O)Nc1nc2n(n1)C(c1ccccc1)C=C(c1ccc(Cl)cc1)N2.Cl. The van der Waals surface area contributed by atoms with Crippen molar-refractivity contribution in [1.29, 1.82) is 0 Å². The number of aromatic nitrogens is 3. The third kappa shape index (κ3) is 4.62. The number of carbonyl (C=O) groups excluding carboxylic acids is 1. The predicted octanol–water partition coefficient (Wildman–Crippen LogP) is 5.67. The fraction of sp³-hybridized carbons (Fsp3) is 0.0800. The first-order valence-corrected chi connectivity index (χ1v) is 10.7. The molecule has 0 bridgehead atoms. The summed E-state index contributed by atoms with van der Waals surface area (Å²) in [5.41, 5.74) is 3.29. The normalized spacial score (nSPS) is 14.2. The molecule has 2 N–H and O–H groups in total. The van der Waals surface area contributed by atoms with Gasteiger partial charge in [0.15, 0.2) is 0 Å². The second kappa shape index (κ2) is 9.99. The number of fused-ring (bicyclic) bond motifs is 1. The number of hydrogen-bond donors (Lipinski definition) is 2. The van der Waals surface area contributed by atoms with Crippen LogP contribution in [-0.2, 0) is 0 Å². The van der Waals surface area contributed by atoms with Crippen LogP contribution in [0.15, 0.2) is 84.9 Å². The molecule has 0 aliphatic carbocycles. The maximum atomic E-state index is 12.8. The molecule has 0 saturated carbocycles. The average Bonchev–Trinajstić information content (AvgIpc) is 3.26. The largest absolute Gasteiger partial charge is 0.496 e. The third-order valence-corrected chi connectivity index (χ3v) is 5.59. The summed E-state index contributed by atoms with van der Waals surface area (Å²) in [4.78, 5) is 17.4. The van der Waals surface area contributed by atoms with Crippen LogP contribution in [0.5, 0.6) is 5.75 Å². The van der Waals surface area contributed by atoms with Gasteiger partial charge in [0.1, 0.15) is 11.8 Å². The Labute approximate surface area is 207 Å². The minimum atomic E-state index is -0.349. The molecule has 1 aromatic heterocycles. The first-order valence-electron chi connectivity index (χ1n) is 10.3. The van der Waals surface area contributed by atoms with Crippen LogP contribution >= 0.6 is 24.0 Å². The topological polar surface area (TPSA) is 81.1 Å². The van der Waals surface area contributed by atoms with Crippen molar-refractivity contribution < 1.29 is 9.53 Å². The monoisotopic (exact) mass is 493 g/mol. The van der Waals surface area contributed by atoms with E-state index in [2.05, 4.69) is 26.8 Å². The maximum Gasteiger partial charge on any atom is 0.261 e. The summed E-state index contributed by atoms with van der Waals surface area (Å²) in [5, 5.41) is 11.3. The number of nitrogens with one attached hydrogen (secondary N) is 2. The van der Waals surface area contributed by atoms with Crippen LogP contribution < -0.4 is 15.4 Å². The molecule has 1 aliphatic rings. The molecule has 0 spiro atoms. The number of carbonyl (C=O) groups is 1. The van der Waals surface area contributed by atoms with Crippen molar-refractivity contribution in [2.45, 2.75) is 6.04 Å². The molecule has 172 valence electrons. The van der Waals surface area contributed by atoms with E-state index in [1.807, 2.05) is 60.7 Å². The van der Waals surface area contributed by atoms with Gasteiger partial charge in [-0.15, -0.1) is 17.5 Å². The van der Waals surface area contributed by atoms with E-state index in [9.17, 15) is 4.79 Å². The van der Waals surface area contributed by atoms with Crippen molar-refractivity contribution >= 4 is 47.5 Å². The quantitative estimate of drug-likeness (QED) is 0.374. The Morgan fingerprint density at radius 2 is 1.74 bits per heavy atom. The molecule has 7 nitrogen and oxygen atoms in total. The van der Waals surface area contributed by atoms with E-state index in [4.69, 9.17) is 16.3 Å². The van der Waals surface area contributed by atoms with Crippen LogP contribution in [0.25, 0.3) is 5.70 Å². The summed E-state index contributed by atoms with van der Waals surface area (Å²) in [6.45, 7) is 0. The van der Waals surface area contributed by atoms with Crippen LogP contribution in [0.2, 0.25) is 5.02 Å². The van der Waals surface area contributed by atoms with Gasteiger partial charge in [-0.05, 0) is 41.5 Å². The van der Waals surface area contributed by atoms with Gasteiger partial charge in [-0.3, -0.25) is 10.1 Å². The van der Waals surface area contributed by atoms with Crippen LogP contribution in [0.3, 0.4) is 0 Å².